The monoisotopic (exact) mass is 217 g/mol. The first-order chi connectivity index (χ1) is 7.60. The molecule has 88 valence electrons. The molecule has 1 aromatic rings. The number of nitrogens with one attached hydrogen (secondary N) is 1. The zero-order valence-electron chi connectivity index (χ0n) is 10.7. The first-order valence-corrected chi connectivity index (χ1v) is 6.38. The van der Waals surface area contributed by atoms with Crippen LogP contribution in [0.4, 0.5) is 0 Å². The first-order valence-electron chi connectivity index (χ1n) is 6.38. The summed E-state index contributed by atoms with van der Waals surface area (Å²) in [5.74, 6) is 0.834. The van der Waals surface area contributed by atoms with Gasteiger partial charge in [-0.3, -0.25) is 0 Å². The van der Waals surface area contributed by atoms with E-state index in [-0.39, 0.29) is 0 Å². The summed E-state index contributed by atoms with van der Waals surface area (Å²) in [5, 5.41) is 3.72. The zero-order chi connectivity index (χ0) is 11.6. The highest BCUT2D eigenvalue weighted by Gasteiger charge is 2.39. The normalized spacial score (nSPS) is 28.2. The third kappa shape index (κ3) is 2.30. The standard InChI is InChI=1S/C15H23N/c1-12-9-10-14(15(12,2)3)16-11-13-7-5-4-6-8-13/h4-8,12,14,16H,9-11H2,1-3H3/t12?,14-/m0/s1. The van der Waals surface area contributed by atoms with Gasteiger partial charge in [0.15, 0.2) is 0 Å². The van der Waals surface area contributed by atoms with Crippen molar-refractivity contribution in [3.8, 4) is 0 Å². The van der Waals surface area contributed by atoms with Crippen molar-refractivity contribution in [3.05, 3.63) is 35.9 Å². The molecule has 2 atom stereocenters. The predicted octanol–water partition coefficient (Wildman–Crippen LogP) is 3.60. The topological polar surface area (TPSA) is 12.0 Å². The van der Waals surface area contributed by atoms with Crippen LogP contribution in [0.15, 0.2) is 30.3 Å². The van der Waals surface area contributed by atoms with Crippen LogP contribution in [-0.4, -0.2) is 6.04 Å². The SMILES string of the molecule is CC1CC[C@H](NCc2ccccc2)C1(C)C. The fraction of sp³-hybridized carbons (Fsp3) is 0.600. The third-order valence-electron chi connectivity index (χ3n) is 4.45. The molecule has 16 heavy (non-hydrogen) atoms. The summed E-state index contributed by atoms with van der Waals surface area (Å²) in [6.45, 7) is 8.17. The van der Waals surface area contributed by atoms with Crippen molar-refractivity contribution in [2.24, 2.45) is 11.3 Å². The molecule has 0 saturated heterocycles. The molecular weight excluding hydrogens is 194 g/mol. The maximum atomic E-state index is 3.72. The van der Waals surface area contributed by atoms with Gasteiger partial charge >= 0.3 is 0 Å². The number of hydrogen-bond acceptors (Lipinski definition) is 1. The van der Waals surface area contributed by atoms with Crippen LogP contribution < -0.4 is 5.32 Å². The Bertz CT molecular complexity index is 329. The van der Waals surface area contributed by atoms with Gasteiger partial charge in [-0.15, -0.1) is 0 Å². The van der Waals surface area contributed by atoms with Gasteiger partial charge in [-0.25, -0.2) is 0 Å². The number of benzene rings is 1. The van der Waals surface area contributed by atoms with E-state index in [9.17, 15) is 0 Å². The van der Waals surface area contributed by atoms with Crippen molar-refractivity contribution >= 4 is 0 Å². The third-order valence-corrected chi connectivity index (χ3v) is 4.45. The van der Waals surface area contributed by atoms with E-state index in [0.717, 1.165) is 12.5 Å². The molecule has 0 bridgehead atoms. The van der Waals surface area contributed by atoms with Crippen molar-refractivity contribution in [3.63, 3.8) is 0 Å². The van der Waals surface area contributed by atoms with E-state index in [2.05, 4.69) is 56.4 Å². The lowest BCUT2D eigenvalue weighted by molar-refractivity contribution is 0.219. The molecular formula is C15H23N. The first kappa shape index (κ1) is 11.7. The lowest BCUT2D eigenvalue weighted by Gasteiger charge is -2.32. The Balaban J connectivity index is 1.92. The van der Waals surface area contributed by atoms with Gasteiger partial charge in [0.05, 0.1) is 0 Å². The summed E-state index contributed by atoms with van der Waals surface area (Å²) in [6, 6.07) is 11.4. The maximum Gasteiger partial charge on any atom is 0.0208 e. The Labute approximate surface area is 99.3 Å². The van der Waals surface area contributed by atoms with Crippen LogP contribution in [0.3, 0.4) is 0 Å². The van der Waals surface area contributed by atoms with Gasteiger partial charge < -0.3 is 5.32 Å². The van der Waals surface area contributed by atoms with Crippen molar-refractivity contribution < 1.29 is 0 Å². The summed E-state index contributed by atoms with van der Waals surface area (Å²) < 4.78 is 0. The molecule has 0 radical (unpaired) electrons. The molecule has 1 N–H and O–H groups in total. The molecule has 2 rings (SSSR count). The molecule has 1 fully saturated rings. The van der Waals surface area contributed by atoms with E-state index >= 15 is 0 Å². The lowest BCUT2D eigenvalue weighted by Crippen LogP contribution is -2.39. The molecule has 0 spiro atoms. The number of hydrogen-bond donors (Lipinski definition) is 1. The van der Waals surface area contributed by atoms with E-state index in [1.54, 1.807) is 0 Å². The summed E-state index contributed by atoms with van der Waals surface area (Å²) in [6.07, 6.45) is 2.68. The average molecular weight is 217 g/mol. The van der Waals surface area contributed by atoms with Gasteiger partial charge in [-0.1, -0.05) is 51.1 Å². The largest absolute Gasteiger partial charge is 0.309 e. The Morgan fingerprint density at radius 3 is 2.44 bits per heavy atom. The van der Waals surface area contributed by atoms with Crippen LogP contribution in [0.2, 0.25) is 0 Å². The Morgan fingerprint density at radius 1 is 1.19 bits per heavy atom. The Hall–Kier alpha value is -0.820. The minimum atomic E-state index is 0.439. The van der Waals surface area contributed by atoms with Crippen LogP contribution in [-0.2, 0) is 6.54 Å². The zero-order valence-corrected chi connectivity index (χ0v) is 10.7. The minimum absolute atomic E-state index is 0.439. The van der Waals surface area contributed by atoms with Gasteiger partial charge in [0.25, 0.3) is 0 Å². The van der Waals surface area contributed by atoms with E-state index in [1.165, 1.54) is 18.4 Å². The number of rotatable bonds is 3. The molecule has 0 aliphatic heterocycles. The van der Waals surface area contributed by atoms with E-state index in [4.69, 9.17) is 0 Å². The molecule has 1 aromatic carbocycles. The van der Waals surface area contributed by atoms with Crippen molar-refractivity contribution in [1.82, 2.24) is 5.32 Å². The fourth-order valence-corrected chi connectivity index (χ4v) is 2.71. The second kappa shape index (κ2) is 4.58. The van der Waals surface area contributed by atoms with E-state index in [0.29, 0.717) is 11.5 Å². The van der Waals surface area contributed by atoms with Crippen molar-refractivity contribution in [2.75, 3.05) is 0 Å². The van der Waals surface area contributed by atoms with Crippen LogP contribution in [0.25, 0.3) is 0 Å². The van der Waals surface area contributed by atoms with Crippen LogP contribution in [0, 0.1) is 11.3 Å². The molecule has 1 aliphatic rings. The molecule has 1 unspecified atom stereocenters. The van der Waals surface area contributed by atoms with Crippen LogP contribution in [0.5, 0.6) is 0 Å². The highest BCUT2D eigenvalue weighted by molar-refractivity contribution is 5.14. The van der Waals surface area contributed by atoms with Gasteiger partial charge in [-0.05, 0) is 29.7 Å². The minimum Gasteiger partial charge on any atom is -0.309 e. The summed E-state index contributed by atoms with van der Waals surface area (Å²) in [7, 11) is 0. The Morgan fingerprint density at radius 2 is 1.88 bits per heavy atom. The average Bonchev–Trinajstić information content (AvgIpc) is 2.53. The van der Waals surface area contributed by atoms with Crippen molar-refractivity contribution in [1.29, 1.82) is 0 Å². The fourth-order valence-electron chi connectivity index (χ4n) is 2.71. The van der Waals surface area contributed by atoms with E-state index in [1.807, 2.05) is 0 Å². The lowest BCUT2D eigenvalue weighted by atomic mass is 9.80. The molecule has 1 nitrogen and oxygen atoms in total. The Kier molecular flexibility index (Phi) is 3.34. The molecule has 0 aromatic heterocycles. The van der Waals surface area contributed by atoms with Crippen molar-refractivity contribution in [2.45, 2.75) is 46.2 Å². The quantitative estimate of drug-likeness (QED) is 0.815. The molecule has 1 heteroatoms. The smallest absolute Gasteiger partial charge is 0.0208 e. The second-order valence-electron chi connectivity index (χ2n) is 5.72. The maximum absolute atomic E-state index is 3.72. The van der Waals surface area contributed by atoms with Crippen LogP contribution >= 0.6 is 0 Å². The predicted molar refractivity (Wildman–Crippen MR) is 69.2 cm³/mol. The van der Waals surface area contributed by atoms with Gasteiger partial charge in [0, 0.05) is 12.6 Å². The van der Waals surface area contributed by atoms with E-state index < -0.39 is 0 Å². The second-order valence-corrected chi connectivity index (χ2v) is 5.72. The highest BCUT2D eigenvalue weighted by atomic mass is 14.9. The molecule has 1 aliphatic carbocycles. The highest BCUT2D eigenvalue weighted by Crippen LogP contribution is 2.42. The molecule has 1 saturated carbocycles. The summed E-state index contributed by atoms with van der Waals surface area (Å²) in [5.41, 5.74) is 1.83. The molecule has 0 amide bonds. The van der Waals surface area contributed by atoms with Gasteiger partial charge in [-0.2, -0.15) is 0 Å². The van der Waals surface area contributed by atoms with Crippen LogP contribution in [0.1, 0.15) is 39.2 Å². The van der Waals surface area contributed by atoms with Gasteiger partial charge in [0.2, 0.25) is 0 Å². The summed E-state index contributed by atoms with van der Waals surface area (Å²) >= 11 is 0. The molecule has 0 heterocycles. The van der Waals surface area contributed by atoms with Gasteiger partial charge in [0.1, 0.15) is 0 Å². The summed E-state index contributed by atoms with van der Waals surface area (Å²) in [4.78, 5) is 0.